The van der Waals surface area contributed by atoms with E-state index in [0.29, 0.717) is 13.0 Å². The molecule has 0 unspecified atom stereocenters. The number of halogens is 3. The van der Waals surface area contributed by atoms with Crippen LogP contribution in [0.25, 0.3) is 0 Å². The third-order valence-corrected chi connectivity index (χ3v) is 3.04. The van der Waals surface area contributed by atoms with Crippen LogP contribution >= 0.6 is 0 Å². The van der Waals surface area contributed by atoms with Gasteiger partial charge in [0.25, 0.3) is 0 Å². The number of benzene rings is 1. The van der Waals surface area contributed by atoms with Crippen molar-refractivity contribution in [1.82, 2.24) is 0 Å². The molecule has 0 saturated heterocycles. The van der Waals surface area contributed by atoms with Crippen LogP contribution in [0.3, 0.4) is 0 Å². The summed E-state index contributed by atoms with van der Waals surface area (Å²) in [6.45, 7) is 0.752. The van der Waals surface area contributed by atoms with Gasteiger partial charge in [-0.05, 0) is 12.1 Å². The van der Waals surface area contributed by atoms with E-state index in [9.17, 15) is 21.6 Å². The van der Waals surface area contributed by atoms with Gasteiger partial charge in [0.05, 0.1) is 6.61 Å². The Hall–Kier alpha value is -1.48. The molecule has 20 heavy (non-hydrogen) atoms. The number of hydrogen-bond donors (Lipinski definition) is 0. The summed E-state index contributed by atoms with van der Waals surface area (Å²) in [5.41, 5.74) is -5.47. The van der Waals surface area contributed by atoms with E-state index in [1.807, 2.05) is 0 Å². The fourth-order valence-corrected chi connectivity index (χ4v) is 1.63. The van der Waals surface area contributed by atoms with Gasteiger partial charge in [-0.3, -0.25) is 0 Å². The number of hydrogen-bond acceptors (Lipinski definition) is 5. The molecule has 0 heterocycles. The van der Waals surface area contributed by atoms with Crippen molar-refractivity contribution in [2.45, 2.75) is 11.9 Å². The highest BCUT2D eigenvalue weighted by Crippen LogP contribution is 2.28. The zero-order chi connectivity index (χ0) is 15.2. The zero-order valence-corrected chi connectivity index (χ0v) is 11.3. The lowest BCUT2D eigenvalue weighted by Crippen LogP contribution is -2.28. The number of ether oxygens (including phenoxy) is 2. The molecule has 0 radical (unpaired) electrons. The summed E-state index contributed by atoms with van der Waals surface area (Å²) >= 11 is 0. The molecule has 0 atom stereocenters. The van der Waals surface area contributed by atoms with Crippen LogP contribution in [-0.4, -0.2) is 34.2 Å². The summed E-state index contributed by atoms with van der Waals surface area (Å²) in [5, 5.41) is 0. The van der Waals surface area contributed by atoms with Crippen molar-refractivity contribution in [2.75, 3.05) is 20.3 Å². The van der Waals surface area contributed by atoms with E-state index >= 15 is 0 Å². The Morgan fingerprint density at radius 2 is 1.80 bits per heavy atom. The molecule has 0 aromatic heterocycles. The molecule has 0 aliphatic rings. The standard InChI is InChI=1S/C11H13F3O5S/c1-17-6-3-7-18-9-4-2-5-10(8-9)19-20(15,16)11(12,13)14/h2,4-5,8H,3,6-7H2,1H3. The highest BCUT2D eigenvalue weighted by Gasteiger charge is 2.48. The summed E-state index contributed by atoms with van der Waals surface area (Å²) in [7, 11) is -4.15. The van der Waals surface area contributed by atoms with Gasteiger partial charge in [0.1, 0.15) is 11.5 Å². The monoisotopic (exact) mass is 314 g/mol. The predicted octanol–water partition coefficient (Wildman–Crippen LogP) is 2.33. The summed E-state index contributed by atoms with van der Waals surface area (Å²) < 4.78 is 72.1. The van der Waals surface area contributed by atoms with Crippen LogP contribution in [0.4, 0.5) is 13.2 Å². The van der Waals surface area contributed by atoms with Crippen molar-refractivity contribution in [3.63, 3.8) is 0 Å². The Morgan fingerprint density at radius 3 is 2.40 bits per heavy atom. The van der Waals surface area contributed by atoms with Gasteiger partial charge in [0, 0.05) is 26.2 Å². The highest BCUT2D eigenvalue weighted by atomic mass is 32.2. The summed E-state index contributed by atoms with van der Waals surface area (Å²) in [6.07, 6.45) is 0.586. The Morgan fingerprint density at radius 1 is 1.15 bits per heavy atom. The van der Waals surface area contributed by atoms with Crippen LogP contribution in [0.5, 0.6) is 11.5 Å². The Balaban J connectivity index is 2.69. The number of alkyl halides is 3. The van der Waals surface area contributed by atoms with Gasteiger partial charge in [0.15, 0.2) is 0 Å². The van der Waals surface area contributed by atoms with Crippen molar-refractivity contribution in [3.05, 3.63) is 24.3 Å². The van der Waals surface area contributed by atoms with Crippen LogP contribution < -0.4 is 8.92 Å². The lowest BCUT2D eigenvalue weighted by atomic mass is 10.3. The third kappa shape index (κ3) is 4.89. The zero-order valence-electron chi connectivity index (χ0n) is 10.5. The second-order valence-corrected chi connectivity index (χ2v) is 5.19. The molecule has 1 aromatic carbocycles. The van der Waals surface area contributed by atoms with E-state index in [0.717, 1.165) is 12.1 Å². The molecular formula is C11H13F3O5S. The molecule has 0 fully saturated rings. The quantitative estimate of drug-likeness (QED) is 0.439. The summed E-state index contributed by atoms with van der Waals surface area (Å²) in [6, 6.07) is 4.95. The molecule has 0 saturated carbocycles. The smallest absolute Gasteiger partial charge is 0.493 e. The Bertz CT molecular complexity index is 527. The number of methoxy groups -OCH3 is 1. The molecule has 0 N–H and O–H groups in total. The number of rotatable bonds is 7. The van der Waals surface area contributed by atoms with E-state index in [1.54, 1.807) is 0 Å². The normalized spacial score (nSPS) is 12.2. The third-order valence-electron chi connectivity index (χ3n) is 2.06. The molecule has 0 aliphatic carbocycles. The lowest BCUT2D eigenvalue weighted by molar-refractivity contribution is -0.0500. The van der Waals surface area contributed by atoms with Crippen molar-refractivity contribution in [2.24, 2.45) is 0 Å². The van der Waals surface area contributed by atoms with Crippen LogP contribution in [0, 0.1) is 0 Å². The van der Waals surface area contributed by atoms with Crippen LogP contribution in [-0.2, 0) is 14.9 Å². The van der Waals surface area contributed by atoms with E-state index in [4.69, 9.17) is 9.47 Å². The SMILES string of the molecule is COCCCOc1cccc(OS(=O)(=O)C(F)(F)F)c1. The van der Waals surface area contributed by atoms with Gasteiger partial charge in [-0.25, -0.2) is 0 Å². The maximum absolute atomic E-state index is 12.1. The molecule has 114 valence electrons. The first-order chi connectivity index (χ1) is 9.26. The minimum atomic E-state index is -5.67. The molecule has 5 nitrogen and oxygen atoms in total. The van der Waals surface area contributed by atoms with Crippen LogP contribution in [0.15, 0.2) is 24.3 Å². The van der Waals surface area contributed by atoms with E-state index < -0.39 is 21.4 Å². The molecule has 1 rings (SSSR count). The minimum Gasteiger partial charge on any atom is -0.493 e. The summed E-state index contributed by atoms with van der Waals surface area (Å²) in [4.78, 5) is 0. The van der Waals surface area contributed by atoms with Gasteiger partial charge in [-0.1, -0.05) is 6.07 Å². The van der Waals surface area contributed by atoms with E-state index in [2.05, 4.69) is 4.18 Å². The Kier molecular flexibility index (Phi) is 5.63. The minimum absolute atomic E-state index is 0.205. The van der Waals surface area contributed by atoms with Crippen molar-refractivity contribution in [1.29, 1.82) is 0 Å². The lowest BCUT2D eigenvalue weighted by Gasteiger charge is -2.11. The van der Waals surface area contributed by atoms with Crippen molar-refractivity contribution < 1.29 is 35.2 Å². The average Bonchev–Trinajstić information content (AvgIpc) is 2.33. The highest BCUT2D eigenvalue weighted by molar-refractivity contribution is 7.87. The predicted molar refractivity (Wildman–Crippen MR) is 64.0 cm³/mol. The molecule has 1 aromatic rings. The van der Waals surface area contributed by atoms with Crippen molar-refractivity contribution in [3.8, 4) is 11.5 Å². The fourth-order valence-electron chi connectivity index (χ4n) is 1.18. The molecule has 0 aliphatic heterocycles. The second-order valence-electron chi connectivity index (χ2n) is 3.65. The maximum Gasteiger partial charge on any atom is 0.534 e. The first kappa shape index (κ1) is 16.6. The van der Waals surface area contributed by atoms with Crippen LogP contribution in [0.2, 0.25) is 0 Å². The second kappa shape index (κ2) is 6.80. The average molecular weight is 314 g/mol. The van der Waals surface area contributed by atoms with Gasteiger partial charge in [-0.2, -0.15) is 21.6 Å². The molecule has 0 amide bonds. The van der Waals surface area contributed by atoms with Gasteiger partial charge < -0.3 is 13.7 Å². The molecule has 0 spiro atoms. The maximum atomic E-state index is 12.1. The molecule has 9 heteroatoms. The first-order valence-electron chi connectivity index (χ1n) is 5.49. The van der Waals surface area contributed by atoms with Crippen molar-refractivity contribution >= 4 is 10.1 Å². The van der Waals surface area contributed by atoms with Gasteiger partial charge in [-0.15, -0.1) is 0 Å². The van der Waals surface area contributed by atoms with E-state index in [-0.39, 0.29) is 12.4 Å². The topological polar surface area (TPSA) is 61.8 Å². The van der Waals surface area contributed by atoms with Gasteiger partial charge in [0.2, 0.25) is 0 Å². The van der Waals surface area contributed by atoms with Gasteiger partial charge >= 0.3 is 15.6 Å². The first-order valence-corrected chi connectivity index (χ1v) is 6.89. The molecular weight excluding hydrogens is 301 g/mol. The largest absolute Gasteiger partial charge is 0.534 e. The Labute approximate surface area is 114 Å². The van der Waals surface area contributed by atoms with E-state index in [1.165, 1.54) is 19.2 Å². The fraction of sp³-hybridized carbons (Fsp3) is 0.455. The summed E-state index contributed by atoms with van der Waals surface area (Å²) in [5.74, 6) is -0.262. The van der Waals surface area contributed by atoms with Crippen LogP contribution in [0.1, 0.15) is 6.42 Å². The molecule has 0 bridgehead atoms.